The smallest absolute Gasteiger partial charge is 0.199 e. The van der Waals surface area contributed by atoms with Gasteiger partial charge in [0, 0.05) is 24.3 Å². The molecule has 5 rings (SSSR count). The minimum atomic E-state index is 0.503. The number of hydrogen-bond donors (Lipinski definition) is 0. The van der Waals surface area contributed by atoms with Crippen LogP contribution < -0.4 is 0 Å². The van der Waals surface area contributed by atoms with Crippen LogP contribution in [0.3, 0.4) is 0 Å². The molecule has 4 aromatic rings. The maximum Gasteiger partial charge on any atom is 0.199 e. The lowest BCUT2D eigenvalue weighted by Crippen LogP contribution is -2.22. The Hall–Kier alpha value is -2.55. The van der Waals surface area contributed by atoms with Gasteiger partial charge in [0.15, 0.2) is 10.6 Å². The Morgan fingerprint density at radius 2 is 2.00 bits per heavy atom. The third kappa shape index (κ3) is 3.83. The number of benzene rings is 1. The summed E-state index contributed by atoms with van der Waals surface area (Å²) < 4.78 is 6.90. The molecule has 1 aromatic carbocycles. The van der Waals surface area contributed by atoms with Crippen molar-refractivity contribution in [1.82, 2.24) is 29.0 Å². The summed E-state index contributed by atoms with van der Waals surface area (Å²) in [5.74, 6) is 0.998. The van der Waals surface area contributed by atoms with Crippen LogP contribution in [0.15, 0.2) is 60.2 Å². The molecule has 3 heterocycles. The van der Waals surface area contributed by atoms with Crippen LogP contribution in [0.1, 0.15) is 24.4 Å². The number of nitrogens with zero attached hydrogens (tertiary/aromatic N) is 6. The van der Waals surface area contributed by atoms with Gasteiger partial charge < -0.3 is 0 Å². The quantitative estimate of drug-likeness (QED) is 0.403. The zero-order valence-electron chi connectivity index (χ0n) is 16.2. The first kappa shape index (κ1) is 18.5. The standard InChI is InChI=1S/C21H22N6S2/c1-24(13-16-12-22-25(14-16)17-6-3-2-4-7-17)15-26-21(28)27(18-9-10-18)20(23-26)19-8-5-11-29-19/h2-8,11-12,14,18H,9-10,13,15H2,1H3. The second-order valence-electron chi connectivity index (χ2n) is 7.47. The SMILES string of the molecule is CN(Cc1cnn(-c2ccccc2)c1)Cn1nc(-c2cccs2)n(C2CC2)c1=S. The topological polar surface area (TPSA) is 43.8 Å². The van der Waals surface area contributed by atoms with Gasteiger partial charge >= 0.3 is 0 Å². The van der Waals surface area contributed by atoms with E-state index in [0.717, 1.165) is 28.4 Å². The van der Waals surface area contributed by atoms with E-state index in [2.05, 4.69) is 57.5 Å². The summed E-state index contributed by atoms with van der Waals surface area (Å²) in [6.07, 6.45) is 6.37. The number of rotatable bonds is 7. The highest BCUT2D eigenvalue weighted by atomic mass is 32.1. The van der Waals surface area contributed by atoms with Gasteiger partial charge in [0.25, 0.3) is 0 Å². The highest BCUT2D eigenvalue weighted by molar-refractivity contribution is 7.71. The first-order valence-corrected chi connectivity index (χ1v) is 11.0. The van der Waals surface area contributed by atoms with Crippen molar-refractivity contribution in [2.75, 3.05) is 7.05 Å². The summed E-state index contributed by atoms with van der Waals surface area (Å²) in [4.78, 5) is 3.39. The Labute approximate surface area is 178 Å². The Morgan fingerprint density at radius 1 is 1.17 bits per heavy atom. The molecule has 6 nitrogen and oxygen atoms in total. The maximum absolute atomic E-state index is 5.78. The van der Waals surface area contributed by atoms with E-state index in [1.165, 1.54) is 17.7 Å². The van der Waals surface area contributed by atoms with Gasteiger partial charge in [0.1, 0.15) is 0 Å². The Morgan fingerprint density at radius 3 is 2.72 bits per heavy atom. The normalized spacial score (nSPS) is 14.0. The van der Waals surface area contributed by atoms with Crippen molar-refractivity contribution in [3.63, 3.8) is 0 Å². The minimum absolute atomic E-state index is 0.503. The Bertz CT molecular complexity index is 1150. The summed E-state index contributed by atoms with van der Waals surface area (Å²) in [7, 11) is 2.09. The zero-order valence-corrected chi connectivity index (χ0v) is 17.8. The number of thiophene rings is 1. The monoisotopic (exact) mass is 422 g/mol. The van der Waals surface area contributed by atoms with Crippen LogP contribution >= 0.6 is 23.6 Å². The second kappa shape index (κ2) is 7.70. The van der Waals surface area contributed by atoms with Crippen molar-refractivity contribution in [2.45, 2.75) is 32.1 Å². The second-order valence-corrected chi connectivity index (χ2v) is 8.78. The highest BCUT2D eigenvalue weighted by Crippen LogP contribution is 2.39. The summed E-state index contributed by atoms with van der Waals surface area (Å²) in [6.45, 7) is 1.42. The minimum Gasteiger partial charge on any atom is -0.296 e. The van der Waals surface area contributed by atoms with Gasteiger partial charge in [-0.1, -0.05) is 24.3 Å². The van der Waals surface area contributed by atoms with E-state index in [1.54, 1.807) is 11.3 Å². The summed E-state index contributed by atoms with van der Waals surface area (Å²) in [5.41, 5.74) is 2.22. The van der Waals surface area contributed by atoms with E-state index in [0.29, 0.717) is 12.7 Å². The van der Waals surface area contributed by atoms with Gasteiger partial charge in [-0.05, 0) is 55.7 Å². The predicted octanol–water partition coefficient (Wildman–Crippen LogP) is 4.75. The lowest BCUT2D eigenvalue weighted by Gasteiger charge is -2.15. The van der Waals surface area contributed by atoms with Crippen LogP contribution in [0.25, 0.3) is 16.4 Å². The van der Waals surface area contributed by atoms with Gasteiger partial charge in [0.2, 0.25) is 0 Å². The molecule has 29 heavy (non-hydrogen) atoms. The molecule has 1 aliphatic carbocycles. The number of hydrogen-bond acceptors (Lipinski definition) is 5. The van der Waals surface area contributed by atoms with Gasteiger partial charge in [0.05, 0.1) is 23.4 Å². The summed E-state index contributed by atoms with van der Waals surface area (Å²) in [5, 5.41) is 11.5. The van der Waals surface area contributed by atoms with Crippen molar-refractivity contribution in [3.8, 4) is 16.4 Å². The van der Waals surface area contributed by atoms with Crippen LogP contribution in [-0.4, -0.2) is 36.1 Å². The molecule has 0 atom stereocenters. The maximum atomic E-state index is 5.78. The van der Waals surface area contributed by atoms with Crippen molar-refractivity contribution in [2.24, 2.45) is 0 Å². The van der Waals surface area contributed by atoms with Crippen LogP contribution in [0.2, 0.25) is 0 Å². The molecule has 3 aromatic heterocycles. The highest BCUT2D eigenvalue weighted by Gasteiger charge is 2.29. The van der Waals surface area contributed by atoms with Crippen molar-refractivity contribution in [1.29, 1.82) is 0 Å². The van der Waals surface area contributed by atoms with Crippen LogP contribution in [0.4, 0.5) is 0 Å². The lowest BCUT2D eigenvalue weighted by atomic mass is 10.3. The van der Waals surface area contributed by atoms with E-state index in [9.17, 15) is 0 Å². The average molecular weight is 423 g/mol. The third-order valence-electron chi connectivity index (χ3n) is 5.01. The van der Waals surface area contributed by atoms with Gasteiger partial charge in [-0.3, -0.25) is 9.47 Å². The fourth-order valence-corrected chi connectivity index (χ4v) is 4.54. The molecule has 0 amide bonds. The molecule has 0 N–H and O–H groups in total. The van der Waals surface area contributed by atoms with Crippen LogP contribution in [0, 0.1) is 4.77 Å². The van der Waals surface area contributed by atoms with Crippen LogP contribution in [0.5, 0.6) is 0 Å². The van der Waals surface area contributed by atoms with Crippen molar-refractivity contribution in [3.05, 3.63) is 70.6 Å². The Balaban J connectivity index is 1.34. The summed E-state index contributed by atoms with van der Waals surface area (Å²) >= 11 is 7.49. The van der Waals surface area contributed by atoms with E-state index < -0.39 is 0 Å². The molecular weight excluding hydrogens is 400 g/mol. The molecule has 0 unspecified atom stereocenters. The molecule has 8 heteroatoms. The van der Waals surface area contributed by atoms with Gasteiger partial charge in [-0.2, -0.15) is 5.10 Å². The average Bonchev–Trinajstić information content (AvgIpc) is 3.12. The molecule has 0 spiro atoms. The predicted molar refractivity (Wildman–Crippen MR) is 118 cm³/mol. The first-order chi connectivity index (χ1) is 14.2. The van der Waals surface area contributed by atoms with Crippen molar-refractivity contribution >= 4 is 23.6 Å². The fraction of sp³-hybridized carbons (Fsp3) is 0.286. The largest absolute Gasteiger partial charge is 0.296 e. The molecule has 1 saturated carbocycles. The summed E-state index contributed by atoms with van der Waals surface area (Å²) in [6, 6.07) is 14.8. The van der Waals surface area contributed by atoms with Crippen LogP contribution in [-0.2, 0) is 13.2 Å². The number of para-hydroxylation sites is 1. The molecule has 0 bridgehead atoms. The molecule has 0 aliphatic heterocycles. The lowest BCUT2D eigenvalue weighted by molar-refractivity contribution is 0.244. The molecule has 148 valence electrons. The van der Waals surface area contributed by atoms with Crippen molar-refractivity contribution < 1.29 is 0 Å². The zero-order chi connectivity index (χ0) is 19.8. The number of aromatic nitrogens is 5. The van der Waals surface area contributed by atoms with Gasteiger partial charge in [-0.15, -0.1) is 16.4 Å². The Kier molecular flexibility index (Phi) is 4.91. The third-order valence-corrected chi connectivity index (χ3v) is 6.28. The van der Waals surface area contributed by atoms with Gasteiger partial charge in [-0.25, -0.2) is 9.36 Å². The fourth-order valence-electron chi connectivity index (χ4n) is 3.50. The molecule has 0 radical (unpaired) electrons. The molecule has 1 aliphatic rings. The van der Waals surface area contributed by atoms with E-state index in [4.69, 9.17) is 17.3 Å². The van der Waals surface area contributed by atoms with E-state index in [1.807, 2.05) is 33.8 Å². The molecular formula is C21H22N6S2. The molecule has 0 saturated heterocycles. The van der Waals surface area contributed by atoms with E-state index >= 15 is 0 Å². The molecule has 1 fully saturated rings. The van der Waals surface area contributed by atoms with E-state index in [-0.39, 0.29) is 0 Å². The first-order valence-electron chi connectivity index (χ1n) is 9.70.